The maximum Gasteiger partial charge on any atom is 0.145 e. The number of pyridine rings is 1. The van der Waals surface area contributed by atoms with E-state index in [0.717, 1.165) is 49.9 Å². The molecule has 0 saturated carbocycles. The van der Waals surface area contributed by atoms with E-state index in [0.29, 0.717) is 0 Å². The smallest absolute Gasteiger partial charge is 0.145 e. The highest BCUT2D eigenvalue weighted by Gasteiger charge is 2.21. The van der Waals surface area contributed by atoms with Crippen molar-refractivity contribution < 1.29 is 4.42 Å². The van der Waals surface area contributed by atoms with Gasteiger partial charge in [-0.25, -0.2) is 4.98 Å². The monoisotopic (exact) mass is 499 g/mol. The summed E-state index contributed by atoms with van der Waals surface area (Å²) in [5.74, 6) is 0. The van der Waals surface area contributed by atoms with E-state index in [9.17, 15) is 0 Å². The average molecular weight is 500 g/mol. The van der Waals surface area contributed by atoms with Crippen LogP contribution < -0.4 is 0 Å². The molecule has 0 aliphatic carbocycles. The van der Waals surface area contributed by atoms with Crippen LogP contribution in [0.5, 0.6) is 0 Å². The Kier molecular flexibility index (Phi) is 4.02. The molecule has 9 aromatic rings. The highest BCUT2D eigenvalue weighted by molar-refractivity contribution is 6.28. The van der Waals surface area contributed by atoms with Crippen LogP contribution in [0.1, 0.15) is 0 Å². The van der Waals surface area contributed by atoms with E-state index in [1.54, 1.807) is 0 Å². The summed E-state index contributed by atoms with van der Waals surface area (Å²) in [6, 6.07) is 42.7. The van der Waals surface area contributed by atoms with Crippen molar-refractivity contribution >= 4 is 65.7 Å². The molecule has 0 atom stereocenters. The standard InChI is InChI=1S/C35H21N3O/c1-2-9-22(10-3-1)37-28-14-6-4-12-26(28)33-29(37)18-19-30-34(33)27-13-8-20-36-35(27)38(30)23-16-17-25-24-11-5-7-15-31(24)39-32(25)21-23/h1-21H. The third-order valence-corrected chi connectivity index (χ3v) is 7.96. The maximum absolute atomic E-state index is 6.26. The predicted molar refractivity (Wildman–Crippen MR) is 160 cm³/mol. The molecule has 4 heteroatoms. The van der Waals surface area contributed by atoms with Crippen LogP contribution in [-0.2, 0) is 0 Å². The molecule has 9 rings (SSSR count). The number of fused-ring (bicyclic) bond motifs is 10. The van der Waals surface area contributed by atoms with E-state index in [1.807, 2.05) is 24.4 Å². The van der Waals surface area contributed by atoms with Crippen LogP contribution in [-0.4, -0.2) is 14.1 Å². The Morgan fingerprint density at radius 2 is 1.15 bits per heavy atom. The fourth-order valence-electron chi connectivity index (χ4n) is 6.36. The number of nitrogens with zero attached hydrogens (tertiary/aromatic N) is 3. The van der Waals surface area contributed by atoms with Crippen molar-refractivity contribution in [2.45, 2.75) is 0 Å². The van der Waals surface area contributed by atoms with Gasteiger partial charge < -0.3 is 8.98 Å². The molecule has 0 bridgehead atoms. The van der Waals surface area contributed by atoms with Gasteiger partial charge in [0.2, 0.25) is 0 Å². The number of aromatic nitrogens is 3. The van der Waals surface area contributed by atoms with Crippen molar-refractivity contribution in [3.05, 3.63) is 128 Å². The van der Waals surface area contributed by atoms with Crippen molar-refractivity contribution in [3.8, 4) is 11.4 Å². The first-order chi connectivity index (χ1) is 19.4. The van der Waals surface area contributed by atoms with Gasteiger partial charge in [-0.15, -0.1) is 0 Å². The second-order valence-corrected chi connectivity index (χ2v) is 10.0. The summed E-state index contributed by atoms with van der Waals surface area (Å²) in [7, 11) is 0. The number of hydrogen-bond acceptors (Lipinski definition) is 2. The van der Waals surface area contributed by atoms with Crippen molar-refractivity contribution in [2.75, 3.05) is 0 Å². The summed E-state index contributed by atoms with van der Waals surface area (Å²) in [5.41, 5.74) is 8.41. The highest BCUT2D eigenvalue weighted by Crippen LogP contribution is 2.42. The van der Waals surface area contributed by atoms with Crippen molar-refractivity contribution in [1.82, 2.24) is 14.1 Å². The zero-order valence-corrected chi connectivity index (χ0v) is 20.9. The lowest BCUT2D eigenvalue weighted by molar-refractivity contribution is 0.668. The summed E-state index contributed by atoms with van der Waals surface area (Å²) in [6.07, 6.45) is 1.88. The molecule has 0 spiro atoms. The average Bonchev–Trinajstić information content (AvgIpc) is 3.64. The second kappa shape index (κ2) is 7.59. The van der Waals surface area contributed by atoms with Gasteiger partial charge in [-0.1, -0.05) is 54.6 Å². The van der Waals surface area contributed by atoms with E-state index >= 15 is 0 Å². The van der Waals surface area contributed by atoms with E-state index in [4.69, 9.17) is 9.40 Å². The molecule has 0 saturated heterocycles. The number of rotatable bonds is 2. The molecule has 0 radical (unpaired) electrons. The van der Waals surface area contributed by atoms with E-state index in [-0.39, 0.29) is 0 Å². The first kappa shape index (κ1) is 20.7. The van der Waals surface area contributed by atoms with Crippen LogP contribution in [0.25, 0.3) is 77.1 Å². The lowest BCUT2D eigenvalue weighted by Crippen LogP contribution is -1.95. The van der Waals surface area contributed by atoms with E-state index in [1.165, 1.54) is 27.2 Å². The molecule has 0 amide bonds. The molecule has 4 aromatic heterocycles. The largest absolute Gasteiger partial charge is 0.456 e. The Hall–Kier alpha value is -5.35. The normalized spacial score (nSPS) is 12.1. The summed E-state index contributed by atoms with van der Waals surface area (Å²) >= 11 is 0. The van der Waals surface area contributed by atoms with Gasteiger partial charge in [0.25, 0.3) is 0 Å². The molecule has 5 aromatic carbocycles. The Morgan fingerprint density at radius 1 is 0.462 bits per heavy atom. The van der Waals surface area contributed by atoms with Gasteiger partial charge >= 0.3 is 0 Å². The van der Waals surface area contributed by atoms with Gasteiger partial charge in [0.15, 0.2) is 0 Å². The SMILES string of the molecule is c1ccc(-n2c3ccccc3c3c4c5cccnc5n(-c5ccc6c(c5)oc5ccccc56)c4ccc32)cc1. The van der Waals surface area contributed by atoms with Crippen molar-refractivity contribution in [2.24, 2.45) is 0 Å². The lowest BCUT2D eigenvalue weighted by atomic mass is 10.1. The van der Waals surface area contributed by atoms with Gasteiger partial charge in [-0.3, -0.25) is 4.57 Å². The Morgan fingerprint density at radius 3 is 2.05 bits per heavy atom. The molecule has 0 fully saturated rings. The molecular weight excluding hydrogens is 478 g/mol. The highest BCUT2D eigenvalue weighted by atomic mass is 16.3. The Balaban J connectivity index is 1.43. The van der Waals surface area contributed by atoms with E-state index < -0.39 is 0 Å². The second-order valence-electron chi connectivity index (χ2n) is 10.0. The maximum atomic E-state index is 6.26. The van der Waals surface area contributed by atoms with Gasteiger partial charge in [-0.05, 0) is 60.7 Å². The molecule has 0 unspecified atom stereocenters. The quantitative estimate of drug-likeness (QED) is 0.238. The first-order valence-electron chi connectivity index (χ1n) is 13.2. The number of hydrogen-bond donors (Lipinski definition) is 0. The molecule has 0 aliphatic heterocycles. The summed E-state index contributed by atoms with van der Waals surface area (Å²) in [4.78, 5) is 4.89. The fraction of sp³-hybridized carbons (Fsp3) is 0. The van der Waals surface area contributed by atoms with Crippen LogP contribution in [0.2, 0.25) is 0 Å². The first-order valence-corrected chi connectivity index (χ1v) is 13.2. The number of furan rings is 1. The number of para-hydroxylation sites is 3. The Labute approximate surface area is 222 Å². The molecular formula is C35H21N3O. The topological polar surface area (TPSA) is 35.9 Å². The zero-order valence-electron chi connectivity index (χ0n) is 20.9. The third kappa shape index (κ3) is 2.75. The van der Waals surface area contributed by atoms with Crippen LogP contribution in [0.3, 0.4) is 0 Å². The summed E-state index contributed by atoms with van der Waals surface area (Å²) < 4.78 is 10.9. The molecule has 4 nitrogen and oxygen atoms in total. The molecule has 4 heterocycles. The lowest BCUT2D eigenvalue weighted by Gasteiger charge is -2.09. The minimum absolute atomic E-state index is 0.876. The third-order valence-electron chi connectivity index (χ3n) is 7.96. The van der Waals surface area contributed by atoms with Gasteiger partial charge in [0, 0.05) is 50.3 Å². The predicted octanol–water partition coefficient (Wildman–Crippen LogP) is 9.18. The number of benzene rings is 5. The van der Waals surface area contributed by atoms with Gasteiger partial charge in [0.1, 0.15) is 16.8 Å². The molecule has 0 aliphatic rings. The van der Waals surface area contributed by atoms with E-state index in [2.05, 4.69) is 112 Å². The van der Waals surface area contributed by atoms with Crippen LogP contribution >= 0.6 is 0 Å². The van der Waals surface area contributed by atoms with Crippen molar-refractivity contribution in [1.29, 1.82) is 0 Å². The van der Waals surface area contributed by atoms with Crippen molar-refractivity contribution in [3.63, 3.8) is 0 Å². The summed E-state index contributed by atoms with van der Waals surface area (Å²) in [5, 5.41) is 7.09. The van der Waals surface area contributed by atoms with Crippen LogP contribution in [0.15, 0.2) is 132 Å². The van der Waals surface area contributed by atoms with Gasteiger partial charge in [-0.2, -0.15) is 0 Å². The molecule has 39 heavy (non-hydrogen) atoms. The fourth-order valence-corrected chi connectivity index (χ4v) is 6.36. The zero-order chi connectivity index (χ0) is 25.5. The van der Waals surface area contributed by atoms with Crippen LogP contribution in [0, 0.1) is 0 Å². The summed E-state index contributed by atoms with van der Waals surface area (Å²) in [6.45, 7) is 0. The molecule has 182 valence electrons. The molecule has 0 N–H and O–H groups in total. The Bertz CT molecular complexity index is 2390. The van der Waals surface area contributed by atoms with Crippen LogP contribution in [0.4, 0.5) is 0 Å². The minimum atomic E-state index is 0.876. The van der Waals surface area contributed by atoms with Gasteiger partial charge in [0.05, 0.1) is 22.2 Å². The minimum Gasteiger partial charge on any atom is -0.456 e.